The summed E-state index contributed by atoms with van der Waals surface area (Å²) in [5.41, 5.74) is 2.64. The van der Waals surface area contributed by atoms with Crippen molar-refractivity contribution in [1.82, 2.24) is 15.3 Å². The van der Waals surface area contributed by atoms with Gasteiger partial charge in [-0.25, -0.2) is 4.98 Å². The van der Waals surface area contributed by atoms with Crippen molar-refractivity contribution in [2.24, 2.45) is 0 Å². The molecule has 132 valence electrons. The highest BCUT2D eigenvalue weighted by Gasteiger charge is 2.16. The maximum Gasteiger partial charge on any atom is 0.251 e. The van der Waals surface area contributed by atoms with Gasteiger partial charge in [0.2, 0.25) is 6.79 Å². The highest BCUT2D eigenvalue weighted by atomic mass is 32.2. The fourth-order valence-electron chi connectivity index (χ4n) is 2.59. The van der Waals surface area contributed by atoms with Gasteiger partial charge in [-0.15, -0.1) is 0 Å². The van der Waals surface area contributed by atoms with E-state index in [0.717, 1.165) is 22.2 Å². The average molecular weight is 367 g/mol. The number of fused-ring (bicyclic) bond motifs is 1. The van der Waals surface area contributed by atoms with Gasteiger partial charge in [0.1, 0.15) is 0 Å². The zero-order valence-electron chi connectivity index (χ0n) is 13.9. The molecular weight excluding hydrogens is 350 g/mol. The molecule has 1 aromatic heterocycles. The lowest BCUT2D eigenvalue weighted by molar-refractivity contribution is 0.0955. The summed E-state index contributed by atoms with van der Waals surface area (Å²) in [6.45, 7) is 0.741. The number of ether oxygens (including phenoxy) is 2. The van der Waals surface area contributed by atoms with Gasteiger partial charge in [0.15, 0.2) is 16.7 Å². The Morgan fingerprint density at radius 1 is 1.15 bits per heavy atom. The number of rotatable bonds is 6. The van der Waals surface area contributed by atoms with E-state index in [1.165, 1.54) is 0 Å². The van der Waals surface area contributed by atoms with Crippen molar-refractivity contribution in [2.75, 3.05) is 19.1 Å². The molecule has 6 nitrogen and oxygen atoms in total. The van der Waals surface area contributed by atoms with Gasteiger partial charge in [-0.2, -0.15) is 0 Å². The normalized spacial score (nSPS) is 12.2. The summed E-state index contributed by atoms with van der Waals surface area (Å²) in [5, 5.41) is 3.74. The summed E-state index contributed by atoms with van der Waals surface area (Å²) < 4.78 is 10.5. The van der Waals surface area contributed by atoms with Crippen LogP contribution in [-0.4, -0.2) is 35.0 Å². The predicted octanol–water partition coefficient (Wildman–Crippen LogP) is 3.33. The molecule has 0 unspecified atom stereocenters. The SMILES string of the molecule is O=C(NCCSc1ncc(-c2ccccc2)[nH]1)c1ccc2c(c1)OCO2. The van der Waals surface area contributed by atoms with Gasteiger partial charge < -0.3 is 19.8 Å². The molecule has 26 heavy (non-hydrogen) atoms. The van der Waals surface area contributed by atoms with Crippen molar-refractivity contribution in [3.63, 3.8) is 0 Å². The standard InChI is InChI=1S/C19H17N3O3S/c23-18(14-6-7-16-17(10-14)25-12-24-16)20-8-9-26-19-21-11-15(22-19)13-4-2-1-3-5-13/h1-7,10-11H,8-9,12H2,(H,20,23)(H,21,22). The highest BCUT2D eigenvalue weighted by Crippen LogP contribution is 2.32. The highest BCUT2D eigenvalue weighted by molar-refractivity contribution is 7.99. The molecule has 0 fully saturated rings. The Morgan fingerprint density at radius 3 is 2.88 bits per heavy atom. The molecule has 0 aliphatic carbocycles. The van der Waals surface area contributed by atoms with Crippen molar-refractivity contribution in [1.29, 1.82) is 0 Å². The average Bonchev–Trinajstić information content (AvgIpc) is 3.34. The number of nitrogens with zero attached hydrogens (tertiary/aromatic N) is 1. The number of benzene rings is 2. The number of aromatic amines is 1. The molecule has 0 saturated carbocycles. The number of amides is 1. The van der Waals surface area contributed by atoms with Crippen molar-refractivity contribution >= 4 is 17.7 Å². The molecule has 0 radical (unpaired) electrons. The molecule has 0 saturated heterocycles. The number of aromatic nitrogens is 2. The Hall–Kier alpha value is -2.93. The van der Waals surface area contributed by atoms with Crippen LogP contribution in [0.15, 0.2) is 59.9 Å². The number of imidazole rings is 1. The van der Waals surface area contributed by atoms with Gasteiger partial charge in [0.05, 0.1) is 11.9 Å². The summed E-state index contributed by atoms with van der Waals surface area (Å²) in [6, 6.07) is 15.2. The number of nitrogens with one attached hydrogen (secondary N) is 2. The third kappa shape index (κ3) is 3.67. The fraction of sp³-hybridized carbons (Fsp3) is 0.158. The first-order chi connectivity index (χ1) is 12.8. The molecule has 4 rings (SSSR count). The zero-order valence-corrected chi connectivity index (χ0v) is 14.7. The molecule has 1 aliphatic rings. The summed E-state index contributed by atoms with van der Waals surface area (Å²) in [5.74, 6) is 1.87. The second-order valence-corrected chi connectivity index (χ2v) is 6.72. The van der Waals surface area contributed by atoms with E-state index < -0.39 is 0 Å². The second kappa shape index (κ2) is 7.53. The number of carbonyl (C=O) groups is 1. The summed E-state index contributed by atoms with van der Waals surface area (Å²) in [6.07, 6.45) is 1.82. The van der Waals surface area contributed by atoms with Crippen LogP contribution in [0.25, 0.3) is 11.3 Å². The van der Waals surface area contributed by atoms with Crippen LogP contribution < -0.4 is 14.8 Å². The minimum atomic E-state index is -0.131. The Balaban J connectivity index is 1.26. The van der Waals surface area contributed by atoms with E-state index in [1.807, 2.05) is 36.5 Å². The zero-order chi connectivity index (χ0) is 17.8. The molecule has 1 aliphatic heterocycles. The number of hydrogen-bond acceptors (Lipinski definition) is 5. The van der Waals surface area contributed by atoms with E-state index in [0.29, 0.717) is 23.6 Å². The maximum atomic E-state index is 12.2. The van der Waals surface area contributed by atoms with Crippen molar-refractivity contribution in [3.05, 3.63) is 60.3 Å². The summed E-state index contributed by atoms with van der Waals surface area (Å²) in [4.78, 5) is 19.9. The summed E-state index contributed by atoms with van der Waals surface area (Å²) >= 11 is 1.57. The van der Waals surface area contributed by atoms with Gasteiger partial charge in [0, 0.05) is 17.9 Å². The lowest BCUT2D eigenvalue weighted by Crippen LogP contribution is -2.25. The van der Waals surface area contributed by atoms with Crippen LogP contribution in [0.5, 0.6) is 11.5 Å². The van der Waals surface area contributed by atoms with E-state index >= 15 is 0 Å². The monoisotopic (exact) mass is 367 g/mol. The molecule has 7 heteroatoms. The lowest BCUT2D eigenvalue weighted by atomic mass is 10.2. The largest absolute Gasteiger partial charge is 0.454 e. The van der Waals surface area contributed by atoms with Crippen molar-refractivity contribution in [3.8, 4) is 22.8 Å². The third-order valence-corrected chi connectivity index (χ3v) is 4.79. The van der Waals surface area contributed by atoms with Crippen LogP contribution in [0, 0.1) is 0 Å². The molecule has 2 aromatic carbocycles. The van der Waals surface area contributed by atoms with E-state index in [1.54, 1.807) is 30.0 Å². The van der Waals surface area contributed by atoms with E-state index in [9.17, 15) is 4.79 Å². The minimum absolute atomic E-state index is 0.131. The third-order valence-electron chi connectivity index (χ3n) is 3.90. The molecule has 2 heterocycles. The van der Waals surface area contributed by atoms with Crippen LogP contribution >= 0.6 is 11.8 Å². The number of carbonyl (C=O) groups excluding carboxylic acids is 1. The van der Waals surface area contributed by atoms with Gasteiger partial charge in [-0.1, -0.05) is 42.1 Å². The first-order valence-corrected chi connectivity index (χ1v) is 9.19. The van der Waals surface area contributed by atoms with Gasteiger partial charge >= 0.3 is 0 Å². The minimum Gasteiger partial charge on any atom is -0.454 e. The van der Waals surface area contributed by atoms with E-state index in [-0.39, 0.29) is 12.7 Å². The van der Waals surface area contributed by atoms with Gasteiger partial charge in [-0.05, 0) is 23.8 Å². The number of thioether (sulfide) groups is 1. The molecular formula is C19H17N3O3S. The Labute approximate surface area is 154 Å². The molecule has 3 aromatic rings. The topological polar surface area (TPSA) is 76.2 Å². The van der Waals surface area contributed by atoms with Crippen LogP contribution in [0.4, 0.5) is 0 Å². The Kier molecular flexibility index (Phi) is 4.79. The number of H-pyrrole nitrogens is 1. The van der Waals surface area contributed by atoms with Crippen LogP contribution in [0.2, 0.25) is 0 Å². The van der Waals surface area contributed by atoms with Crippen LogP contribution in [0.1, 0.15) is 10.4 Å². The molecule has 0 atom stereocenters. The lowest BCUT2D eigenvalue weighted by Gasteiger charge is -2.05. The number of hydrogen-bond donors (Lipinski definition) is 2. The summed E-state index contributed by atoms with van der Waals surface area (Å²) in [7, 11) is 0. The molecule has 2 N–H and O–H groups in total. The van der Waals surface area contributed by atoms with Crippen LogP contribution in [-0.2, 0) is 0 Å². The predicted molar refractivity (Wildman–Crippen MR) is 99.6 cm³/mol. The Morgan fingerprint density at radius 2 is 2.00 bits per heavy atom. The van der Waals surface area contributed by atoms with E-state index in [2.05, 4.69) is 15.3 Å². The fourth-order valence-corrected chi connectivity index (χ4v) is 3.30. The van der Waals surface area contributed by atoms with Crippen molar-refractivity contribution in [2.45, 2.75) is 5.16 Å². The van der Waals surface area contributed by atoms with Gasteiger partial charge in [0.25, 0.3) is 5.91 Å². The molecule has 1 amide bonds. The first-order valence-electron chi connectivity index (χ1n) is 8.21. The van der Waals surface area contributed by atoms with Gasteiger partial charge in [-0.3, -0.25) is 4.79 Å². The Bertz CT molecular complexity index is 911. The first kappa shape index (κ1) is 16.5. The van der Waals surface area contributed by atoms with E-state index in [4.69, 9.17) is 9.47 Å². The second-order valence-electron chi connectivity index (χ2n) is 5.64. The maximum absolute atomic E-state index is 12.2. The smallest absolute Gasteiger partial charge is 0.251 e. The quantitative estimate of drug-likeness (QED) is 0.516. The van der Waals surface area contributed by atoms with Crippen molar-refractivity contribution < 1.29 is 14.3 Å². The molecule has 0 bridgehead atoms. The molecule has 0 spiro atoms. The van der Waals surface area contributed by atoms with Crippen LogP contribution in [0.3, 0.4) is 0 Å².